The summed E-state index contributed by atoms with van der Waals surface area (Å²) >= 11 is 1.40. The zero-order chi connectivity index (χ0) is 12.4. The quantitative estimate of drug-likeness (QED) is 0.908. The molecule has 1 atom stereocenters. The lowest BCUT2D eigenvalue weighted by Crippen LogP contribution is -2.27. The number of hydrogen-bond donors (Lipinski definition) is 1. The number of nitrogens with zero attached hydrogens (tertiary/aromatic N) is 2. The van der Waals surface area contributed by atoms with E-state index in [2.05, 4.69) is 15.5 Å². The molecule has 0 fully saturated rings. The molecule has 0 saturated heterocycles. The number of aromatic nitrogens is 2. The van der Waals surface area contributed by atoms with Gasteiger partial charge in [-0.05, 0) is 20.8 Å². The number of amides is 1. The van der Waals surface area contributed by atoms with Crippen molar-refractivity contribution in [1.82, 2.24) is 15.5 Å². The van der Waals surface area contributed by atoms with Gasteiger partial charge in [0.15, 0.2) is 0 Å². The number of aryl methyl sites for hydroxylation is 2. The van der Waals surface area contributed by atoms with Gasteiger partial charge in [-0.3, -0.25) is 4.79 Å². The van der Waals surface area contributed by atoms with Crippen molar-refractivity contribution in [2.45, 2.75) is 26.8 Å². The molecule has 0 aliphatic carbocycles. The van der Waals surface area contributed by atoms with Gasteiger partial charge in [0.1, 0.15) is 11.5 Å². The second kappa shape index (κ2) is 4.67. The van der Waals surface area contributed by atoms with Crippen molar-refractivity contribution in [3.63, 3.8) is 0 Å². The second-order valence-electron chi connectivity index (χ2n) is 3.81. The minimum atomic E-state index is -0.182. The van der Waals surface area contributed by atoms with Crippen LogP contribution in [0.5, 0.6) is 0 Å². The fraction of sp³-hybridized carbons (Fsp3) is 0.364. The lowest BCUT2D eigenvalue weighted by Gasteiger charge is -2.12. The molecule has 2 rings (SSSR count). The third-order valence-electron chi connectivity index (χ3n) is 2.53. The van der Waals surface area contributed by atoms with Crippen LogP contribution in [0.15, 0.2) is 15.4 Å². The smallest absolute Gasteiger partial charge is 0.271 e. The van der Waals surface area contributed by atoms with E-state index in [1.165, 1.54) is 11.3 Å². The van der Waals surface area contributed by atoms with Gasteiger partial charge in [-0.15, -0.1) is 11.3 Å². The Bertz CT molecular complexity index is 499. The zero-order valence-electron chi connectivity index (χ0n) is 9.85. The first-order valence-corrected chi connectivity index (χ1v) is 6.15. The van der Waals surface area contributed by atoms with Crippen molar-refractivity contribution in [3.05, 3.63) is 33.6 Å². The van der Waals surface area contributed by atoms with Gasteiger partial charge in [-0.1, -0.05) is 5.16 Å². The largest absolute Gasteiger partial charge is 0.361 e. The van der Waals surface area contributed by atoms with Gasteiger partial charge >= 0.3 is 0 Å². The Balaban J connectivity index is 2.12. The Labute approximate surface area is 103 Å². The normalized spacial score (nSPS) is 12.4. The maximum atomic E-state index is 11.8. The van der Waals surface area contributed by atoms with Crippen LogP contribution in [0.3, 0.4) is 0 Å². The molecule has 1 amide bonds. The number of rotatable bonds is 3. The first-order valence-electron chi connectivity index (χ1n) is 5.21. The number of hydrogen-bond acceptors (Lipinski definition) is 5. The highest BCUT2D eigenvalue weighted by atomic mass is 32.1. The molecule has 0 bridgehead atoms. The molecule has 2 aromatic heterocycles. The van der Waals surface area contributed by atoms with Gasteiger partial charge in [-0.25, -0.2) is 4.98 Å². The maximum Gasteiger partial charge on any atom is 0.271 e. The molecule has 17 heavy (non-hydrogen) atoms. The molecule has 2 heterocycles. The van der Waals surface area contributed by atoms with Crippen molar-refractivity contribution >= 4 is 17.2 Å². The van der Waals surface area contributed by atoms with Crippen molar-refractivity contribution in [2.24, 2.45) is 0 Å². The van der Waals surface area contributed by atoms with E-state index in [0.29, 0.717) is 5.69 Å². The molecular formula is C11H13N3O2S. The van der Waals surface area contributed by atoms with E-state index in [0.717, 1.165) is 17.0 Å². The molecule has 90 valence electrons. The lowest BCUT2D eigenvalue weighted by molar-refractivity contribution is 0.0935. The Morgan fingerprint density at radius 2 is 2.29 bits per heavy atom. The van der Waals surface area contributed by atoms with Crippen molar-refractivity contribution in [1.29, 1.82) is 0 Å². The number of carbonyl (C=O) groups excluding carboxylic acids is 1. The van der Waals surface area contributed by atoms with Gasteiger partial charge in [0.25, 0.3) is 5.91 Å². The first kappa shape index (κ1) is 11.8. The minimum Gasteiger partial charge on any atom is -0.361 e. The van der Waals surface area contributed by atoms with Gasteiger partial charge in [0.2, 0.25) is 0 Å². The fourth-order valence-corrected chi connectivity index (χ4v) is 2.31. The lowest BCUT2D eigenvalue weighted by atomic mass is 10.1. The Morgan fingerprint density at radius 1 is 1.53 bits per heavy atom. The van der Waals surface area contributed by atoms with Crippen LogP contribution < -0.4 is 5.32 Å². The SMILES string of the molecule is Cc1noc(C)c1C(C)NC(=O)c1cscn1. The van der Waals surface area contributed by atoms with Crippen LogP contribution in [-0.2, 0) is 0 Å². The zero-order valence-corrected chi connectivity index (χ0v) is 10.7. The third kappa shape index (κ3) is 2.36. The van der Waals surface area contributed by atoms with Crippen LogP contribution in [0, 0.1) is 13.8 Å². The van der Waals surface area contributed by atoms with E-state index in [9.17, 15) is 4.79 Å². The van der Waals surface area contributed by atoms with E-state index in [1.54, 1.807) is 10.9 Å². The van der Waals surface area contributed by atoms with Crippen molar-refractivity contribution < 1.29 is 9.32 Å². The summed E-state index contributed by atoms with van der Waals surface area (Å²) in [5, 5.41) is 8.46. The summed E-state index contributed by atoms with van der Waals surface area (Å²) in [6.07, 6.45) is 0. The van der Waals surface area contributed by atoms with E-state index in [-0.39, 0.29) is 11.9 Å². The molecule has 0 spiro atoms. The maximum absolute atomic E-state index is 11.8. The monoisotopic (exact) mass is 251 g/mol. The predicted octanol–water partition coefficient (Wildman–Crippen LogP) is 2.24. The van der Waals surface area contributed by atoms with Gasteiger partial charge < -0.3 is 9.84 Å². The molecule has 0 radical (unpaired) electrons. The highest BCUT2D eigenvalue weighted by molar-refractivity contribution is 7.07. The van der Waals surface area contributed by atoms with Crippen LogP contribution in [0.2, 0.25) is 0 Å². The molecule has 5 nitrogen and oxygen atoms in total. The van der Waals surface area contributed by atoms with Crippen LogP contribution in [0.25, 0.3) is 0 Å². The highest BCUT2D eigenvalue weighted by Crippen LogP contribution is 2.21. The van der Waals surface area contributed by atoms with Crippen LogP contribution in [0.1, 0.15) is 40.5 Å². The van der Waals surface area contributed by atoms with E-state index < -0.39 is 0 Å². The average Bonchev–Trinajstić information content (AvgIpc) is 2.88. The Hall–Kier alpha value is -1.69. The Morgan fingerprint density at radius 3 is 2.82 bits per heavy atom. The molecule has 0 saturated carbocycles. The summed E-state index contributed by atoms with van der Waals surface area (Å²) < 4.78 is 5.07. The van der Waals surface area contributed by atoms with E-state index in [1.807, 2.05) is 20.8 Å². The van der Waals surface area contributed by atoms with Gasteiger partial charge in [0, 0.05) is 10.9 Å². The topological polar surface area (TPSA) is 68.0 Å². The van der Waals surface area contributed by atoms with Gasteiger partial charge in [-0.2, -0.15) is 0 Å². The minimum absolute atomic E-state index is 0.143. The first-order chi connectivity index (χ1) is 8.09. The standard InChI is InChI=1S/C11H13N3O2S/c1-6(10-7(2)14-16-8(10)3)13-11(15)9-4-17-5-12-9/h4-6H,1-3H3,(H,13,15). The molecule has 1 unspecified atom stereocenters. The number of thiazole rings is 1. The van der Waals surface area contributed by atoms with Crippen LogP contribution in [-0.4, -0.2) is 16.0 Å². The molecule has 0 aliphatic heterocycles. The van der Waals surface area contributed by atoms with Gasteiger partial charge in [0.05, 0.1) is 17.2 Å². The second-order valence-corrected chi connectivity index (χ2v) is 4.53. The van der Waals surface area contributed by atoms with E-state index in [4.69, 9.17) is 4.52 Å². The summed E-state index contributed by atoms with van der Waals surface area (Å²) in [6, 6.07) is -0.143. The molecule has 0 aliphatic rings. The third-order valence-corrected chi connectivity index (χ3v) is 3.12. The Kier molecular flexibility index (Phi) is 3.23. The average molecular weight is 251 g/mol. The van der Waals surface area contributed by atoms with E-state index >= 15 is 0 Å². The molecular weight excluding hydrogens is 238 g/mol. The number of nitrogens with one attached hydrogen (secondary N) is 1. The highest BCUT2D eigenvalue weighted by Gasteiger charge is 2.19. The summed E-state index contributed by atoms with van der Waals surface area (Å²) in [6.45, 7) is 5.59. The van der Waals surface area contributed by atoms with Crippen LogP contribution >= 0.6 is 11.3 Å². The predicted molar refractivity (Wildman–Crippen MR) is 64.0 cm³/mol. The summed E-state index contributed by atoms with van der Waals surface area (Å²) in [4.78, 5) is 15.8. The molecule has 2 aromatic rings. The molecule has 1 N–H and O–H groups in total. The molecule has 0 aromatic carbocycles. The summed E-state index contributed by atoms with van der Waals surface area (Å²) in [5.74, 6) is 0.548. The fourth-order valence-electron chi connectivity index (χ4n) is 1.78. The number of carbonyl (C=O) groups is 1. The molecule has 6 heteroatoms. The van der Waals surface area contributed by atoms with Crippen LogP contribution in [0.4, 0.5) is 0 Å². The summed E-state index contributed by atoms with van der Waals surface area (Å²) in [7, 11) is 0. The van der Waals surface area contributed by atoms with Crippen molar-refractivity contribution in [3.8, 4) is 0 Å². The summed E-state index contributed by atoms with van der Waals surface area (Å²) in [5.41, 5.74) is 3.80. The van der Waals surface area contributed by atoms with Crippen molar-refractivity contribution in [2.75, 3.05) is 0 Å².